The van der Waals surface area contributed by atoms with Gasteiger partial charge in [0.25, 0.3) is 5.91 Å². The number of rotatable bonds is 3. The molecular formula is C12H16N2O4S. The second kappa shape index (κ2) is 5.66. The fourth-order valence-electron chi connectivity index (χ4n) is 1.85. The van der Waals surface area contributed by atoms with Gasteiger partial charge in [0.2, 0.25) is 0 Å². The van der Waals surface area contributed by atoms with Crippen molar-refractivity contribution in [3.63, 3.8) is 0 Å². The Hall–Kier alpha value is -1.47. The first-order valence-corrected chi connectivity index (χ1v) is 6.89. The lowest BCUT2D eigenvalue weighted by atomic mass is 10.2. The molecule has 1 aliphatic rings. The summed E-state index contributed by atoms with van der Waals surface area (Å²) in [6.07, 6.45) is 1.52. The van der Waals surface area contributed by atoms with Gasteiger partial charge in [-0.1, -0.05) is 13.8 Å². The first kappa shape index (κ1) is 14.0. The van der Waals surface area contributed by atoms with Crippen LogP contribution in [0.4, 0.5) is 0 Å². The lowest BCUT2D eigenvalue weighted by Crippen LogP contribution is -2.52. The highest BCUT2D eigenvalue weighted by Crippen LogP contribution is 2.23. The molecular weight excluding hydrogens is 268 g/mol. The zero-order chi connectivity index (χ0) is 14.0. The summed E-state index contributed by atoms with van der Waals surface area (Å²) >= 11 is 1.32. The summed E-state index contributed by atoms with van der Waals surface area (Å²) in [7, 11) is 0. The lowest BCUT2D eigenvalue weighted by Gasteiger charge is -2.32. The van der Waals surface area contributed by atoms with Crippen LogP contribution in [-0.4, -0.2) is 52.7 Å². The summed E-state index contributed by atoms with van der Waals surface area (Å²) in [4.78, 5) is 29.5. The minimum Gasteiger partial charge on any atom is -0.480 e. The number of carbonyl (C=O) groups excluding carboxylic acids is 1. The molecule has 1 N–H and O–H groups in total. The van der Waals surface area contributed by atoms with Gasteiger partial charge in [-0.25, -0.2) is 9.78 Å². The molecule has 0 saturated carbocycles. The third-order valence-electron chi connectivity index (χ3n) is 2.90. The molecule has 2 heterocycles. The van der Waals surface area contributed by atoms with Crippen LogP contribution in [0.1, 0.15) is 34.4 Å². The minimum atomic E-state index is -1.04. The topological polar surface area (TPSA) is 79.7 Å². The molecule has 6 nitrogen and oxygen atoms in total. The fraction of sp³-hybridized carbons (Fsp3) is 0.583. The largest absolute Gasteiger partial charge is 0.480 e. The normalized spacial score (nSPS) is 19.7. The molecule has 1 unspecified atom stereocenters. The maximum absolute atomic E-state index is 12.3. The van der Waals surface area contributed by atoms with Gasteiger partial charge in [-0.3, -0.25) is 4.79 Å². The molecule has 1 atom stereocenters. The highest BCUT2D eigenvalue weighted by Gasteiger charge is 2.34. The van der Waals surface area contributed by atoms with Crippen molar-refractivity contribution in [2.45, 2.75) is 25.8 Å². The number of thiazole rings is 1. The molecule has 2 rings (SSSR count). The Morgan fingerprint density at radius 3 is 2.89 bits per heavy atom. The Bertz CT molecular complexity index is 486. The molecule has 0 spiro atoms. The van der Waals surface area contributed by atoms with Crippen LogP contribution in [0, 0.1) is 0 Å². The Kier molecular flexibility index (Phi) is 4.16. The van der Waals surface area contributed by atoms with E-state index in [0.29, 0.717) is 18.0 Å². The molecule has 1 aromatic heterocycles. The molecule has 0 aliphatic carbocycles. The SMILES string of the molecule is CC(C)c1ncc(C(=O)N2CCOCC2C(=O)O)s1. The van der Waals surface area contributed by atoms with Gasteiger partial charge in [-0.2, -0.15) is 0 Å². The summed E-state index contributed by atoms with van der Waals surface area (Å²) in [5.41, 5.74) is 0. The number of aromatic nitrogens is 1. The van der Waals surface area contributed by atoms with Crippen LogP contribution in [-0.2, 0) is 9.53 Å². The Labute approximate surface area is 115 Å². The first-order valence-electron chi connectivity index (χ1n) is 6.08. The zero-order valence-electron chi connectivity index (χ0n) is 10.8. The first-order chi connectivity index (χ1) is 9.00. The van der Waals surface area contributed by atoms with Gasteiger partial charge in [0.1, 0.15) is 4.88 Å². The number of ether oxygens (including phenoxy) is 1. The summed E-state index contributed by atoms with van der Waals surface area (Å²) in [6, 6.07) is -0.911. The molecule has 1 saturated heterocycles. The molecule has 0 aromatic carbocycles. The molecule has 0 bridgehead atoms. The van der Waals surface area contributed by atoms with E-state index in [1.165, 1.54) is 22.4 Å². The van der Waals surface area contributed by atoms with Gasteiger partial charge in [0.05, 0.1) is 24.4 Å². The molecule has 104 valence electrons. The minimum absolute atomic E-state index is 0.0386. The third kappa shape index (κ3) is 2.93. The maximum Gasteiger partial charge on any atom is 0.328 e. The van der Waals surface area contributed by atoms with Crippen LogP contribution in [0.15, 0.2) is 6.20 Å². The van der Waals surface area contributed by atoms with Crippen molar-refractivity contribution in [1.29, 1.82) is 0 Å². The van der Waals surface area contributed by atoms with Crippen molar-refractivity contribution in [1.82, 2.24) is 9.88 Å². The van der Waals surface area contributed by atoms with E-state index in [-0.39, 0.29) is 18.4 Å². The highest BCUT2D eigenvalue weighted by atomic mass is 32.1. The van der Waals surface area contributed by atoms with E-state index in [9.17, 15) is 9.59 Å². The van der Waals surface area contributed by atoms with Crippen molar-refractivity contribution < 1.29 is 19.4 Å². The zero-order valence-corrected chi connectivity index (χ0v) is 11.6. The standard InChI is InChI=1S/C12H16N2O4S/c1-7(2)10-13-5-9(19-10)11(15)14-3-4-18-6-8(14)12(16)17/h5,7-8H,3-4,6H2,1-2H3,(H,16,17). The van der Waals surface area contributed by atoms with Crippen molar-refractivity contribution in [3.8, 4) is 0 Å². The Morgan fingerprint density at radius 2 is 2.32 bits per heavy atom. The number of hydrogen-bond acceptors (Lipinski definition) is 5. The van der Waals surface area contributed by atoms with Crippen molar-refractivity contribution in [2.75, 3.05) is 19.8 Å². The molecule has 1 amide bonds. The number of aliphatic carboxylic acids is 1. The van der Waals surface area contributed by atoms with Crippen LogP contribution in [0.3, 0.4) is 0 Å². The second-order valence-electron chi connectivity index (χ2n) is 4.64. The van der Waals surface area contributed by atoms with E-state index in [1.54, 1.807) is 0 Å². The van der Waals surface area contributed by atoms with Crippen LogP contribution in [0.5, 0.6) is 0 Å². The summed E-state index contributed by atoms with van der Waals surface area (Å²) in [5, 5.41) is 9.99. The lowest BCUT2D eigenvalue weighted by molar-refractivity contribution is -0.147. The number of morpholine rings is 1. The van der Waals surface area contributed by atoms with Gasteiger partial charge in [0.15, 0.2) is 6.04 Å². The summed E-state index contributed by atoms with van der Waals surface area (Å²) < 4.78 is 5.12. The Balaban J connectivity index is 2.18. The van der Waals surface area contributed by atoms with Crippen LogP contribution < -0.4 is 0 Å². The summed E-state index contributed by atoms with van der Waals surface area (Å²) in [6.45, 7) is 4.71. The second-order valence-corrected chi connectivity index (χ2v) is 5.71. The third-order valence-corrected chi connectivity index (χ3v) is 4.19. The van der Waals surface area contributed by atoms with Crippen molar-refractivity contribution in [3.05, 3.63) is 16.1 Å². The van der Waals surface area contributed by atoms with Crippen molar-refractivity contribution >= 4 is 23.2 Å². The monoisotopic (exact) mass is 284 g/mol. The Morgan fingerprint density at radius 1 is 1.58 bits per heavy atom. The van der Waals surface area contributed by atoms with E-state index >= 15 is 0 Å². The molecule has 0 radical (unpaired) electrons. The van der Waals surface area contributed by atoms with Gasteiger partial charge in [0, 0.05) is 12.5 Å². The predicted octanol–water partition coefficient (Wildman–Crippen LogP) is 1.19. The molecule has 1 aliphatic heterocycles. The molecule has 1 fully saturated rings. The fourth-order valence-corrected chi connectivity index (χ4v) is 2.72. The average Bonchev–Trinajstić information content (AvgIpc) is 2.87. The predicted molar refractivity (Wildman–Crippen MR) is 69.5 cm³/mol. The number of carboxylic acids is 1. The van der Waals surface area contributed by atoms with Crippen LogP contribution in [0.25, 0.3) is 0 Å². The average molecular weight is 284 g/mol. The van der Waals surface area contributed by atoms with Gasteiger partial charge >= 0.3 is 5.97 Å². The van der Waals surface area contributed by atoms with Crippen molar-refractivity contribution in [2.24, 2.45) is 0 Å². The number of nitrogens with zero attached hydrogens (tertiary/aromatic N) is 2. The molecule has 19 heavy (non-hydrogen) atoms. The van der Waals surface area contributed by atoms with Crippen LogP contribution in [0.2, 0.25) is 0 Å². The van der Waals surface area contributed by atoms with Gasteiger partial charge in [-0.05, 0) is 0 Å². The smallest absolute Gasteiger partial charge is 0.328 e. The number of hydrogen-bond donors (Lipinski definition) is 1. The quantitative estimate of drug-likeness (QED) is 0.902. The van der Waals surface area contributed by atoms with Crippen LogP contribution >= 0.6 is 11.3 Å². The molecule has 7 heteroatoms. The number of amides is 1. The summed E-state index contributed by atoms with van der Waals surface area (Å²) in [5.74, 6) is -1.06. The molecule has 1 aromatic rings. The highest BCUT2D eigenvalue weighted by molar-refractivity contribution is 7.13. The number of carboxylic acid groups (broad SMARTS) is 1. The van der Waals surface area contributed by atoms with Gasteiger partial charge in [-0.15, -0.1) is 11.3 Å². The van der Waals surface area contributed by atoms with E-state index in [2.05, 4.69) is 4.98 Å². The van der Waals surface area contributed by atoms with Gasteiger partial charge < -0.3 is 14.7 Å². The van der Waals surface area contributed by atoms with E-state index < -0.39 is 12.0 Å². The maximum atomic E-state index is 12.3. The van der Waals surface area contributed by atoms with E-state index in [0.717, 1.165) is 5.01 Å². The van der Waals surface area contributed by atoms with E-state index in [4.69, 9.17) is 9.84 Å². The number of carbonyl (C=O) groups is 2. The van der Waals surface area contributed by atoms with E-state index in [1.807, 2.05) is 13.8 Å².